The maximum absolute atomic E-state index is 5.82. The Hall–Kier alpha value is -2.48. The van der Waals surface area contributed by atoms with E-state index in [1.54, 1.807) is 0 Å². The van der Waals surface area contributed by atoms with E-state index in [1.807, 2.05) is 32.0 Å². The Morgan fingerprint density at radius 1 is 1.17 bits per heavy atom. The van der Waals surface area contributed by atoms with E-state index in [0.29, 0.717) is 35.4 Å². The molecule has 7 nitrogen and oxygen atoms in total. The number of aromatic nitrogens is 4. The zero-order valence-corrected chi connectivity index (χ0v) is 13.7. The van der Waals surface area contributed by atoms with Crippen molar-refractivity contribution in [3.8, 4) is 11.5 Å². The fraction of sp³-hybridized carbons (Fsp3) is 0.267. The minimum absolute atomic E-state index is 0.353. The molecular weight excluding hydrogens is 314 g/mol. The van der Waals surface area contributed by atoms with Gasteiger partial charge in [0.2, 0.25) is 0 Å². The number of imidazole rings is 1. The number of rotatable bonds is 6. The van der Waals surface area contributed by atoms with Crippen molar-refractivity contribution in [3.05, 3.63) is 24.5 Å². The Morgan fingerprint density at radius 2 is 2.00 bits per heavy atom. The van der Waals surface area contributed by atoms with Crippen LogP contribution in [-0.4, -0.2) is 33.1 Å². The van der Waals surface area contributed by atoms with E-state index in [-0.39, 0.29) is 0 Å². The minimum atomic E-state index is 0.353. The van der Waals surface area contributed by atoms with Gasteiger partial charge in [-0.1, -0.05) is 0 Å². The number of hydrogen-bond acceptors (Lipinski definition) is 7. The van der Waals surface area contributed by atoms with Crippen LogP contribution in [0.3, 0.4) is 0 Å². The molecule has 120 valence electrons. The molecule has 0 aliphatic rings. The molecule has 0 bridgehead atoms. The van der Waals surface area contributed by atoms with Gasteiger partial charge in [-0.2, -0.15) is 0 Å². The molecule has 3 N–H and O–H groups in total. The first kappa shape index (κ1) is 15.4. The maximum Gasteiger partial charge on any atom is 0.172 e. The molecule has 3 aromatic rings. The summed E-state index contributed by atoms with van der Waals surface area (Å²) in [4.78, 5) is 16.6. The Bertz CT molecular complexity index is 821. The van der Waals surface area contributed by atoms with Gasteiger partial charge in [-0.15, -0.1) is 0 Å². The summed E-state index contributed by atoms with van der Waals surface area (Å²) in [5.74, 6) is 1.92. The third kappa shape index (κ3) is 3.31. The van der Waals surface area contributed by atoms with Gasteiger partial charge in [-0.25, -0.2) is 15.0 Å². The normalized spacial score (nSPS) is 10.9. The van der Waals surface area contributed by atoms with Crippen molar-refractivity contribution in [2.45, 2.75) is 23.9 Å². The summed E-state index contributed by atoms with van der Waals surface area (Å²) >= 11 is 1.43. The Kier molecular flexibility index (Phi) is 4.52. The average Bonchev–Trinajstić information content (AvgIpc) is 2.94. The maximum atomic E-state index is 5.82. The van der Waals surface area contributed by atoms with Gasteiger partial charge in [0.05, 0.1) is 18.1 Å². The topological polar surface area (TPSA) is 98.9 Å². The molecular formula is C15H17N5O2S. The summed E-state index contributed by atoms with van der Waals surface area (Å²) < 4.78 is 11.2. The van der Waals surface area contributed by atoms with Gasteiger partial charge in [-0.05, 0) is 43.8 Å². The summed E-state index contributed by atoms with van der Waals surface area (Å²) in [5, 5.41) is 0.668. The van der Waals surface area contributed by atoms with E-state index < -0.39 is 0 Å². The van der Waals surface area contributed by atoms with Crippen molar-refractivity contribution in [1.82, 2.24) is 19.9 Å². The number of nitrogens with two attached hydrogens (primary N) is 1. The molecule has 8 heteroatoms. The van der Waals surface area contributed by atoms with Crippen LogP contribution in [0.4, 0.5) is 5.82 Å². The van der Waals surface area contributed by atoms with Crippen molar-refractivity contribution < 1.29 is 9.47 Å². The van der Waals surface area contributed by atoms with Gasteiger partial charge in [0, 0.05) is 0 Å². The van der Waals surface area contributed by atoms with Crippen LogP contribution in [0, 0.1) is 0 Å². The molecule has 0 saturated carbocycles. The van der Waals surface area contributed by atoms with E-state index in [1.165, 1.54) is 18.1 Å². The summed E-state index contributed by atoms with van der Waals surface area (Å²) in [6, 6.07) is 5.72. The molecule has 2 aromatic heterocycles. The SMILES string of the molecule is CCOc1ccc(OCC)c(Sc2nc3c(N)ncnc3[nH]2)c1. The molecule has 0 radical (unpaired) electrons. The van der Waals surface area contributed by atoms with Crippen LogP contribution < -0.4 is 15.2 Å². The summed E-state index contributed by atoms with van der Waals surface area (Å²) in [7, 11) is 0. The number of fused-ring (bicyclic) bond motifs is 1. The van der Waals surface area contributed by atoms with Crippen molar-refractivity contribution in [2.24, 2.45) is 0 Å². The first-order valence-electron chi connectivity index (χ1n) is 7.25. The second kappa shape index (κ2) is 6.74. The Balaban J connectivity index is 1.95. The van der Waals surface area contributed by atoms with E-state index in [9.17, 15) is 0 Å². The standard InChI is InChI=1S/C15H17N5O2S/c1-3-21-9-5-6-10(22-4-2)11(7-9)23-15-19-12-13(16)17-8-18-14(12)20-15/h5-8H,3-4H2,1-2H3,(H3,16,17,18,19,20). The summed E-state index contributed by atoms with van der Waals surface area (Å²) in [5.41, 5.74) is 6.99. The van der Waals surface area contributed by atoms with Crippen molar-refractivity contribution in [2.75, 3.05) is 18.9 Å². The number of benzene rings is 1. The predicted molar refractivity (Wildman–Crippen MR) is 89.0 cm³/mol. The fourth-order valence-corrected chi connectivity index (χ4v) is 2.97. The molecule has 2 heterocycles. The lowest BCUT2D eigenvalue weighted by atomic mass is 10.3. The highest BCUT2D eigenvalue weighted by atomic mass is 32.2. The lowest BCUT2D eigenvalue weighted by Crippen LogP contribution is -1.96. The van der Waals surface area contributed by atoms with Gasteiger partial charge in [0.1, 0.15) is 17.8 Å². The second-order valence-corrected chi connectivity index (χ2v) is 5.61. The number of H-pyrrole nitrogens is 1. The van der Waals surface area contributed by atoms with Gasteiger partial charge < -0.3 is 20.2 Å². The number of anilines is 1. The van der Waals surface area contributed by atoms with E-state index in [0.717, 1.165) is 16.4 Å². The third-order valence-corrected chi connectivity index (χ3v) is 3.95. The fourth-order valence-electron chi connectivity index (χ4n) is 2.08. The molecule has 0 unspecified atom stereocenters. The van der Waals surface area contributed by atoms with Gasteiger partial charge in [0.25, 0.3) is 0 Å². The van der Waals surface area contributed by atoms with Gasteiger partial charge in [0.15, 0.2) is 22.1 Å². The van der Waals surface area contributed by atoms with Crippen LogP contribution in [-0.2, 0) is 0 Å². The molecule has 23 heavy (non-hydrogen) atoms. The lowest BCUT2D eigenvalue weighted by molar-refractivity contribution is 0.323. The van der Waals surface area contributed by atoms with Crippen LogP contribution in [0.25, 0.3) is 11.2 Å². The monoisotopic (exact) mass is 331 g/mol. The minimum Gasteiger partial charge on any atom is -0.494 e. The molecule has 0 aliphatic carbocycles. The largest absolute Gasteiger partial charge is 0.494 e. The molecule has 0 spiro atoms. The van der Waals surface area contributed by atoms with Crippen molar-refractivity contribution >= 4 is 28.7 Å². The lowest BCUT2D eigenvalue weighted by Gasteiger charge is -2.11. The van der Waals surface area contributed by atoms with Crippen molar-refractivity contribution in [3.63, 3.8) is 0 Å². The predicted octanol–water partition coefficient (Wildman–Crippen LogP) is 2.88. The van der Waals surface area contributed by atoms with Crippen LogP contribution >= 0.6 is 11.8 Å². The number of ether oxygens (including phenoxy) is 2. The van der Waals surface area contributed by atoms with Gasteiger partial charge in [-0.3, -0.25) is 0 Å². The van der Waals surface area contributed by atoms with E-state index in [2.05, 4.69) is 19.9 Å². The summed E-state index contributed by atoms with van der Waals surface area (Å²) in [6.07, 6.45) is 1.41. The molecule has 0 aliphatic heterocycles. The summed E-state index contributed by atoms with van der Waals surface area (Å²) in [6.45, 7) is 5.08. The number of nitrogen functional groups attached to an aromatic ring is 1. The smallest absolute Gasteiger partial charge is 0.172 e. The molecule has 0 atom stereocenters. The zero-order chi connectivity index (χ0) is 16.2. The average molecular weight is 331 g/mol. The van der Waals surface area contributed by atoms with Crippen LogP contribution in [0.5, 0.6) is 11.5 Å². The van der Waals surface area contributed by atoms with Crippen molar-refractivity contribution in [1.29, 1.82) is 0 Å². The highest BCUT2D eigenvalue weighted by Gasteiger charge is 2.13. The number of hydrogen-bond donors (Lipinski definition) is 2. The highest BCUT2D eigenvalue weighted by Crippen LogP contribution is 2.37. The van der Waals surface area contributed by atoms with Crippen LogP contribution in [0.15, 0.2) is 34.6 Å². The molecule has 0 fully saturated rings. The first-order chi connectivity index (χ1) is 11.2. The Morgan fingerprint density at radius 3 is 2.74 bits per heavy atom. The first-order valence-corrected chi connectivity index (χ1v) is 8.06. The third-order valence-electron chi connectivity index (χ3n) is 3.02. The Labute approximate surface area is 137 Å². The highest BCUT2D eigenvalue weighted by molar-refractivity contribution is 7.99. The zero-order valence-electron chi connectivity index (χ0n) is 12.9. The number of aromatic amines is 1. The number of nitrogens with one attached hydrogen (secondary N) is 1. The molecule has 0 amide bonds. The number of nitrogens with zero attached hydrogens (tertiary/aromatic N) is 3. The van der Waals surface area contributed by atoms with Gasteiger partial charge >= 0.3 is 0 Å². The molecule has 3 rings (SSSR count). The molecule has 0 saturated heterocycles. The van der Waals surface area contributed by atoms with Crippen LogP contribution in [0.1, 0.15) is 13.8 Å². The van der Waals surface area contributed by atoms with E-state index in [4.69, 9.17) is 15.2 Å². The second-order valence-electron chi connectivity index (χ2n) is 4.57. The molecule has 1 aromatic carbocycles. The van der Waals surface area contributed by atoms with Crippen LogP contribution in [0.2, 0.25) is 0 Å². The van der Waals surface area contributed by atoms with E-state index >= 15 is 0 Å². The quantitative estimate of drug-likeness (QED) is 0.716.